The van der Waals surface area contributed by atoms with Gasteiger partial charge >= 0.3 is 0 Å². The van der Waals surface area contributed by atoms with Crippen molar-refractivity contribution in [2.75, 3.05) is 18.6 Å². The Hall–Kier alpha value is -0.590. The van der Waals surface area contributed by atoms with Crippen LogP contribution in [0.5, 0.6) is 0 Å². The first-order valence-corrected chi connectivity index (χ1v) is 7.92. The van der Waals surface area contributed by atoms with E-state index in [1.165, 1.54) is 28.6 Å². The van der Waals surface area contributed by atoms with Crippen LogP contribution >= 0.6 is 11.8 Å². The second-order valence-corrected chi connectivity index (χ2v) is 7.14. The zero-order valence-electron chi connectivity index (χ0n) is 9.47. The predicted octanol–water partition coefficient (Wildman–Crippen LogP) is 1.95. The Bertz CT molecular complexity index is 481. The Kier molecular flexibility index (Phi) is 3.75. The van der Waals surface area contributed by atoms with E-state index in [1.807, 2.05) is 0 Å². The number of rotatable bonds is 3. The highest BCUT2D eigenvalue weighted by Gasteiger charge is 2.30. The first kappa shape index (κ1) is 12.9. The number of thioether (sulfide) groups is 1. The third-order valence-electron chi connectivity index (χ3n) is 2.91. The Balaban J connectivity index is 2.26. The molecular formula is C11H14FNO2S2. The average Bonchev–Trinajstić information content (AvgIpc) is 2.82. The van der Waals surface area contributed by atoms with Crippen molar-refractivity contribution >= 4 is 21.8 Å². The van der Waals surface area contributed by atoms with Gasteiger partial charge in [0.25, 0.3) is 0 Å². The van der Waals surface area contributed by atoms with E-state index >= 15 is 0 Å². The SMILES string of the molecule is CN(C1CCSC1)S(=O)(=O)c1ccc(F)cc1. The number of nitrogens with zero attached hydrogens (tertiary/aromatic N) is 1. The summed E-state index contributed by atoms with van der Waals surface area (Å²) >= 11 is 1.76. The van der Waals surface area contributed by atoms with Gasteiger partial charge in [-0.05, 0) is 36.4 Å². The number of benzene rings is 1. The van der Waals surface area contributed by atoms with Crippen molar-refractivity contribution in [3.63, 3.8) is 0 Å². The van der Waals surface area contributed by atoms with Gasteiger partial charge in [0.1, 0.15) is 5.82 Å². The van der Waals surface area contributed by atoms with E-state index in [9.17, 15) is 12.8 Å². The summed E-state index contributed by atoms with van der Waals surface area (Å²) in [5.41, 5.74) is 0. The van der Waals surface area contributed by atoms with Gasteiger partial charge in [-0.1, -0.05) is 0 Å². The van der Waals surface area contributed by atoms with Crippen molar-refractivity contribution in [1.29, 1.82) is 0 Å². The maximum absolute atomic E-state index is 12.8. The largest absolute Gasteiger partial charge is 0.243 e. The van der Waals surface area contributed by atoms with Gasteiger partial charge in [0.2, 0.25) is 10.0 Å². The second kappa shape index (κ2) is 4.96. The second-order valence-electron chi connectivity index (χ2n) is 3.99. The van der Waals surface area contributed by atoms with Gasteiger partial charge in [-0.25, -0.2) is 12.8 Å². The van der Waals surface area contributed by atoms with Crippen LogP contribution in [-0.2, 0) is 10.0 Å². The molecule has 0 aliphatic carbocycles. The van der Waals surface area contributed by atoms with Gasteiger partial charge in [0, 0.05) is 18.8 Å². The van der Waals surface area contributed by atoms with E-state index in [2.05, 4.69) is 0 Å². The Labute approximate surface area is 105 Å². The van der Waals surface area contributed by atoms with E-state index in [4.69, 9.17) is 0 Å². The van der Waals surface area contributed by atoms with Crippen molar-refractivity contribution in [2.45, 2.75) is 17.4 Å². The van der Waals surface area contributed by atoms with E-state index in [0.29, 0.717) is 0 Å². The van der Waals surface area contributed by atoms with E-state index in [0.717, 1.165) is 17.9 Å². The van der Waals surface area contributed by atoms with Crippen LogP contribution in [0.1, 0.15) is 6.42 Å². The zero-order valence-corrected chi connectivity index (χ0v) is 11.1. The molecule has 1 saturated heterocycles. The maximum Gasteiger partial charge on any atom is 0.243 e. The van der Waals surface area contributed by atoms with Crippen molar-refractivity contribution < 1.29 is 12.8 Å². The molecule has 1 unspecified atom stereocenters. The molecule has 0 aromatic heterocycles. The lowest BCUT2D eigenvalue weighted by Gasteiger charge is -2.23. The fourth-order valence-electron chi connectivity index (χ4n) is 1.78. The monoisotopic (exact) mass is 275 g/mol. The number of hydrogen-bond donors (Lipinski definition) is 0. The molecule has 1 atom stereocenters. The predicted molar refractivity (Wildman–Crippen MR) is 67.1 cm³/mol. The average molecular weight is 275 g/mol. The van der Waals surface area contributed by atoms with E-state index < -0.39 is 15.8 Å². The van der Waals surface area contributed by atoms with Gasteiger partial charge in [0.05, 0.1) is 4.90 Å². The standard InChI is InChI=1S/C11H14FNO2S2/c1-13(10-6-7-16-8-10)17(14,15)11-4-2-9(12)3-5-11/h2-5,10H,6-8H2,1H3. The summed E-state index contributed by atoms with van der Waals surface area (Å²) in [5, 5.41) is 0. The number of halogens is 1. The van der Waals surface area contributed by atoms with Crippen molar-refractivity contribution in [2.24, 2.45) is 0 Å². The molecular weight excluding hydrogens is 261 g/mol. The smallest absolute Gasteiger partial charge is 0.207 e. The lowest BCUT2D eigenvalue weighted by atomic mass is 10.3. The maximum atomic E-state index is 12.8. The quantitative estimate of drug-likeness (QED) is 0.846. The molecule has 1 aliphatic rings. The van der Waals surface area contributed by atoms with Gasteiger partial charge in [-0.2, -0.15) is 16.1 Å². The highest BCUT2D eigenvalue weighted by Crippen LogP contribution is 2.26. The Morgan fingerprint density at radius 1 is 1.35 bits per heavy atom. The third-order valence-corrected chi connectivity index (χ3v) is 5.98. The van der Waals surface area contributed by atoms with Crippen LogP contribution < -0.4 is 0 Å². The Morgan fingerprint density at radius 2 is 2.00 bits per heavy atom. The van der Waals surface area contributed by atoms with Gasteiger partial charge < -0.3 is 0 Å². The first-order chi connectivity index (χ1) is 8.01. The summed E-state index contributed by atoms with van der Waals surface area (Å²) < 4.78 is 38.6. The molecule has 1 aliphatic heterocycles. The summed E-state index contributed by atoms with van der Waals surface area (Å²) in [6, 6.07) is 5.01. The summed E-state index contributed by atoms with van der Waals surface area (Å²) in [6.07, 6.45) is 0.877. The van der Waals surface area contributed by atoms with Gasteiger partial charge in [0.15, 0.2) is 0 Å². The minimum absolute atomic E-state index is 0.0510. The molecule has 1 fully saturated rings. The van der Waals surface area contributed by atoms with E-state index in [1.54, 1.807) is 18.8 Å². The molecule has 6 heteroatoms. The minimum atomic E-state index is -3.49. The minimum Gasteiger partial charge on any atom is -0.207 e. The summed E-state index contributed by atoms with van der Waals surface area (Å²) in [7, 11) is -1.89. The fourth-order valence-corrected chi connectivity index (χ4v) is 4.53. The molecule has 1 aromatic carbocycles. The molecule has 0 spiro atoms. The number of hydrogen-bond acceptors (Lipinski definition) is 3. The molecule has 2 rings (SSSR count). The van der Waals surface area contributed by atoms with Crippen LogP contribution in [0.25, 0.3) is 0 Å². The zero-order chi connectivity index (χ0) is 12.5. The first-order valence-electron chi connectivity index (χ1n) is 5.33. The third kappa shape index (κ3) is 2.64. The molecule has 1 aromatic rings. The normalized spacial score (nSPS) is 21.0. The van der Waals surface area contributed by atoms with Gasteiger partial charge in [-0.15, -0.1) is 0 Å². The topological polar surface area (TPSA) is 37.4 Å². The molecule has 0 amide bonds. The van der Waals surface area contributed by atoms with Crippen LogP contribution in [0.15, 0.2) is 29.2 Å². The molecule has 0 radical (unpaired) electrons. The molecule has 3 nitrogen and oxygen atoms in total. The van der Waals surface area contributed by atoms with Crippen LogP contribution in [0, 0.1) is 5.82 Å². The summed E-state index contributed by atoms with van der Waals surface area (Å²) in [6.45, 7) is 0. The summed E-state index contributed by atoms with van der Waals surface area (Å²) in [5.74, 6) is 1.40. The van der Waals surface area contributed by atoms with Crippen molar-refractivity contribution in [1.82, 2.24) is 4.31 Å². The summed E-state index contributed by atoms with van der Waals surface area (Å²) in [4.78, 5) is 0.151. The van der Waals surface area contributed by atoms with Crippen LogP contribution in [0.4, 0.5) is 4.39 Å². The molecule has 0 saturated carbocycles. The highest BCUT2D eigenvalue weighted by molar-refractivity contribution is 7.99. The highest BCUT2D eigenvalue weighted by atomic mass is 32.2. The molecule has 17 heavy (non-hydrogen) atoms. The van der Waals surface area contributed by atoms with Crippen molar-refractivity contribution in [3.05, 3.63) is 30.1 Å². The number of sulfonamides is 1. The van der Waals surface area contributed by atoms with E-state index in [-0.39, 0.29) is 10.9 Å². The Morgan fingerprint density at radius 3 is 2.53 bits per heavy atom. The lowest BCUT2D eigenvalue weighted by Crippen LogP contribution is -2.36. The van der Waals surface area contributed by atoms with Crippen LogP contribution in [0.2, 0.25) is 0 Å². The molecule has 1 heterocycles. The molecule has 94 valence electrons. The van der Waals surface area contributed by atoms with Crippen LogP contribution in [0.3, 0.4) is 0 Å². The van der Waals surface area contributed by atoms with Gasteiger partial charge in [-0.3, -0.25) is 0 Å². The fraction of sp³-hybridized carbons (Fsp3) is 0.455. The molecule has 0 N–H and O–H groups in total. The van der Waals surface area contributed by atoms with Crippen molar-refractivity contribution in [3.8, 4) is 0 Å². The van der Waals surface area contributed by atoms with Crippen LogP contribution in [-0.4, -0.2) is 37.3 Å². The lowest BCUT2D eigenvalue weighted by molar-refractivity contribution is 0.394. The molecule has 0 bridgehead atoms.